The lowest BCUT2D eigenvalue weighted by Gasteiger charge is -2.20. The molecule has 0 spiro atoms. The van der Waals surface area contributed by atoms with Gasteiger partial charge < -0.3 is 10.2 Å². The first-order valence-electron chi connectivity index (χ1n) is 7.97. The topological polar surface area (TPSA) is 49.4 Å². The van der Waals surface area contributed by atoms with Crippen LogP contribution in [0.4, 0.5) is 11.4 Å². The van der Waals surface area contributed by atoms with Gasteiger partial charge in [0.2, 0.25) is 5.91 Å². The largest absolute Gasteiger partial charge is 0.320 e. The van der Waals surface area contributed by atoms with E-state index < -0.39 is 0 Å². The Morgan fingerprint density at radius 3 is 2.58 bits per heavy atom. The molecule has 2 aromatic carbocycles. The van der Waals surface area contributed by atoms with Crippen LogP contribution < -0.4 is 10.2 Å². The van der Waals surface area contributed by atoms with Crippen molar-refractivity contribution in [2.45, 2.75) is 18.6 Å². The highest BCUT2D eigenvalue weighted by Crippen LogP contribution is 2.29. The van der Waals surface area contributed by atoms with E-state index in [1.165, 1.54) is 5.56 Å². The fraction of sp³-hybridized carbons (Fsp3) is 0.263. The Hall–Kier alpha value is -2.27. The number of nitrogens with one attached hydrogen (secondary N) is 1. The summed E-state index contributed by atoms with van der Waals surface area (Å²) in [6.07, 6.45) is 3.48. The van der Waals surface area contributed by atoms with E-state index in [-0.39, 0.29) is 11.8 Å². The predicted molar refractivity (Wildman–Crippen MR) is 99.6 cm³/mol. The summed E-state index contributed by atoms with van der Waals surface area (Å²) in [5, 5.41) is 2.94. The van der Waals surface area contributed by atoms with E-state index >= 15 is 0 Å². The van der Waals surface area contributed by atoms with Crippen molar-refractivity contribution in [2.24, 2.45) is 0 Å². The Morgan fingerprint density at radius 1 is 1.17 bits per heavy atom. The predicted octanol–water partition coefficient (Wildman–Crippen LogP) is 3.93. The summed E-state index contributed by atoms with van der Waals surface area (Å²) in [4.78, 5) is 26.3. The number of hydrogen-bond acceptors (Lipinski definition) is 3. The van der Waals surface area contributed by atoms with Crippen LogP contribution in [0.3, 0.4) is 0 Å². The van der Waals surface area contributed by atoms with Crippen LogP contribution in [-0.2, 0) is 10.5 Å². The third-order valence-electron chi connectivity index (χ3n) is 4.04. The van der Waals surface area contributed by atoms with E-state index in [1.807, 2.05) is 48.5 Å². The Balaban J connectivity index is 1.78. The van der Waals surface area contributed by atoms with Crippen molar-refractivity contribution >= 4 is 35.0 Å². The van der Waals surface area contributed by atoms with E-state index in [4.69, 9.17) is 0 Å². The summed E-state index contributed by atoms with van der Waals surface area (Å²) in [5.41, 5.74) is 3.25. The highest BCUT2D eigenvalue weighted by atomic mass is 32.2. The number of hydrogen-bond donors (Lipinski definition) is 1. The number of nitrogens with zero attached hydrogens (tertiary/aromatic N) is 1. The molecule has 0 atom stereocenters. The van der Waals surface area contributed by atoms with Crippen molar-refractivity contribution in [1.82, 2.24) is 0 Å². The van der Waals surface area contributed by atoms with Gasteiger partial charge in [-0.3, -0.25) is 9.59 Å². The maximum atomic E-state index is 12.5. The highest BCUT2D eigenvalue weighted by Gasteiger charge is 2.24. The molecule has 24 heavy (non-hydrogen) atoms. The monoisotopic (exact) mass is 340 g/mol. The summed E-state index contributed by atoms with van der Waals surface area (Å²) in [7, 11) is 0. The molecule has 0 radical (unpaired) electrons. The number of rotatable bonds is 5. The van der Waals surface area contributed by atoms with Crippen LogP contribution in [0.2, 0.25) is 0 Å². The summed E-state index contributed by atoms with van der Waals surface area (Å²) >= 11 is 1.75. The molecular formula is C19H20N2O2S. The molecule has 1 N–H and O–H groups in total. The van der Waals surface area contributed by atoms with Gasteiger partial charge >= 0.3 is 0 Å². The zero-order valence-electron chi connectivity index (χ0n) is 13.6. The second kappa shape index (κ2) is 7.53. The van der Waals surface area contributed by atoms with Gasteiger partial charge in [0.25, 0.3) is 5.91 Å². The molecule has 2 amide bonds. The van der Waals surface area contributed by atoms with Crippen LogP contribution >= 0.6 is 11.8 Å². The molecule has 2 aromatic rings. The van der Waals surface area contributed by atoms with Gasteiger partial charge in [-0.15, -0.1) is 0 Å². The SMILES string of the molecule is CSCc1ccc(C(=O)Nc2ccccc2N2CCCC2=O)cc1. The lowest BCUT2D eigenvalue weighted by Crippen LogP contribution is -2.25. The average Bonchev–Trinajstić information content (AvgIpc) is 3.02. The van der Waals surface area contributed by atoms with E-state index in [0.29, 0.717) is 24.2 Å². The summed E-state index contributed by atoms with van der Waals surface area (Å²) in [6, 6.07) is 15.1. The van der Waals surface area contributed by atoms with Crippen LogP contribution in [-0.4, -0.2) is 24.6 Å². The van der Waals surface area contributed by atoms with Gasteiger partial charge in [0.15, 0.2) is 0 Å². The fourth-order valence-electron chi connectivity index (χ4n) is 2.83. The molecule has 0 bridgehead atoms. The molecule has 0 aliphatic carbocycles. The third kappa shape index (κ3) is 3.62. The van der Waals surface area contributed by atoms with Gasteiger partial charge in [-0.25, -0.2) is 0 Å². The molecule has 1 aliphatic rings. The molecule has 0 unspecified atom stereocenters. The van der Waals surface area contributed by atoms with Crippen LogP contribution in [0.25, 0.3) is 0 Å². The van der Waals surface area contributed by atoms with Crippen molar-refractivity contribution in [1.29, 1.82) is 0 Å². The summed E-state index contributed by atoms with van der Waals surface area (Å²) in [6.45, 7) is 0.703. The van der Waals surface area contributed by atoms with Crippen LogP contribution in [0.1, 0.15) is 28.8 Å². The third-order valence-corrected chi connectivity index (χ3v) is 4.67. The minimum Gasteiger partial charge on any atom is -0.320 e. The van der Waals surface area contributed by atoms with Crippen molar-refractivity contribution < 1.29 is 9.59 Å². The number of para-hydroxylation sites is 2. The lowest BCUT2D eigenvalue weighted by atomic mass is 10.1. The molecule has 3 rings (SSSR count). The van der Waals surface area contributed by atoms with Crippen molar-refractivity contribution in [3.63, 3.8) is 0 Å². The maximum Gasteiger partial charge on any atom is 0.255 e. The standard InChI is InChI=1S/C19H20N2O2S/c1-24-13-14-8-10-15(11-9-14)19(23)20-16-5-2-3-6-17(16)21-12-4-7-18(21)22/h2-3,5-6,8-11H,4,7,12-13H2,1H3,(H,20,23). The summed E-state index contributed by atoms with van der Waals surface area (Å²) < 4.78 is 0. The van der Waals surface area contributed by atoms with E-state index in [0.717, 1.165) is 17.9 Å². The minimum absolute atomic E-state index is 0.109. The molecule has 1 fully saturated rings. The number of benzene rings is 2. The van der Waals surface area contributed by atoms with Crippen LogP contribution in [0.15, 0.2) is 48.5 Å². The molecule has 1 aliphatic heterocycles. The van der Waals surface area contributed by atoms with Crippen LogP contribution in [0.5, 0.6) is 0 Å². The van der Waals surface area contributed by atoms with Gasteiger partial charge in [0.1, 0.15) is 0 Å². The number of carbonyl (C=O) groups is 2. The molecule has 0 aromatic heterocycles. The number of amides is 2. The second-order valence-corrected chi connectivity index (χ2v) is 6.62. The molecule has 5 heteroatoms. The normalized spacial score (nSPS) is 14.0. The van der Waals surface area contributed by atoms with Gasteiger partial charge in [-0.2, -0.15) is 11.8 Å². The maximum absolute atomic E-state index is 12.5. The number of thioether (sulfide) groups is 1. The Morgan fingerprint density at radius 2 is 1.92 bits per heavy atom. The van der Waals surface area contributed by atoms with E-state index in [9.17, 15) is 9.59 Å². The lowest BCUT2D eigenvalue weighted by molar-refractivity contribution is -0.117. The van der Waals surface area contributed by atoms with Gasteiger partial charge in [-0.1, -0.05) is 24.3 Å². The Labute approximate surface area is 146 Å². The van der Waals surface area contributed by atoms with Crippen molar-refractivity contribution in [3.8, 4) is 0 Å². The van der Waals surface area contributed by atoms with Crippen molar-refractivity contribution in [2.75, 3.05) is 23.0 Å². The Bertz CT molecular complexity index is 743. The molecule has 0 saturated carbocycles. The first-order chi connectivity index (χ1) is 11.7. The molecule has 1 saturated heterocycles. The van der Waals surface area contributed by atoms with Gasteiger partial charge in [-0.05, 0) is 42.5 Å². The fourth-order valence-corrected chi connectivity index (χ4v) is 3.36. The zero-order chi connectivity index (χ0) is 16.9. The zero-order valence-corrected chi connectivity index (χ0v) is 14.4. The molecule has 1 heterocycles. The van der Waals surface area contributed by atoms with Crippen molar-refractivity contribution in [3.05, 3.63) is 59.7 Å². The Kier molecular flexibility index (Phi) is 5.20. The summed E-state index contributed by atoms with van der Waals surface area (Å²) in [5.74, 6) is 0.879. The molecule has 124 valence electrons. The quantitative estimate of drug-likeness (QED) is 0.897. The van der Waals surface area contributed by atoms with Gasteiger partial charge in [0, 0.05) is 24.3 Å². The molecular weight excluding hydrogens is 320 g/mol. The number of anilines is 2. The van der Waals surface area contributed by atoms with E-state index in [2.05, 4.69) is 11.6 Å². The average molecular weight is 340 g/mol. The second-order valence-electron chi connectivity index (χ2n) is 5.75. The first-order valence-corrected chi connectivity index (χ1v) is 9.37. The number of carbonyl (C=O) groups excluding carboxylic acids is 2. The van der Waals surface area contributed by atoms with Crippen LogP contribution in [0, 0.1) is 0 Å². The first kappa shape index (κ1) is 16.6. The molecule has 4 nitrogen and oxygen atoms in total. The minimum atomic E-state index is -0.162. The smallest absolute Gasteiger partial charge is 0.255 e. The van der Waals surface area contributed by atoms with Gasteiger partial charge in [0.05, 0.1) is 11.4 Å². The highest BCUT2D eigenvalue weighted by molar-refractivity contribution is 7.97. The van der Waals surface area contributed by atoms with E-state index in [1.54, 1.807) is 16.7 Å².